The summed E-state index contributed by atoms with van der Waals surface area (Å²) >= 11 is 1.07. The average molecular weight is 527 g/mol. The molecule has 0 saturated heterocycles. The molecule has 2 N–H and O–H groups in total. The Balaban J connectivity index is 2.03. The van der Waals surface area contributed by atoms with Crippen molar-refractivity contribution in [2.75, 3.05) is 5.32 Å². The van der Waals surface area contributed by atoms with Crippen LogP contribution in [0.4, 0.5) is 18.3 Å². The minimum Gasteiger partial charge on any atom is -0.545 e. The van der Waals surface area contributed by atoms with Gasteiger partial charge in [0, 0.05) is 28.6 Å². The van der Waals surface area contributed by atoms with Gasteiger partial charge in [-0.3, -0.25) is 14.9 Å². The van der Waals surface area contributed by atoms with Crippen LogP contribution in [0.15, 0.2) is 70.5 Å². The van der Waals surface area contributed by atoms with Gasteiger partial charge >= 0.3 is 6.18 Å². The smallest absolute Gasteiger partial charge is 0.418 e. The number of anilines is 1. The number of hydrogen-bond donors (Lipinski definition) is 2. The number of aromatic nitrogens is 2. The van der Waals surface area contributed by atoms with Crippen molar-refractivity contribution < 1.29 is 27.9 Å². The van der Waals surface area contributed by atoms with Crippen molar-refractivity contribution in [2.24, 2.45) is 0 Å². The van der Waals surface area contributed by atoms with Crippen molar-refractivity contribution >= 4 is 45.3 Å². The first-order valence-corrected chi connectivity index (χ1v) is 11.9. The lowest BCUT2D eigenvalue weighted by molar-refractivity contribution is -0.299. The number of halogens is 3. The van der Waals surface area contributed by atoms with E-state index in [-0.39, 0.29) is 28.2 Å². The first-order valence-electron chi connectivity index (χ1n) is 11.1. The van der Waals surface area contributed by atoms with Crippen molar-refractivity contribution in [1.82, 2.24) is 9.97 Å². The predicted octanol–water partition coefficient (Wildman–Crippen LogP) is 4.58. The maximum Gasteiger partial charge on any atom is 0.418 e. The lowest BCUT2D eigenvalue weighted by Crippen LogP contribution is -2.31. The predicted molar refractivity (Wildman–Crippen MR) is 132 cm³/mol. The van der Waals surface area contributed by atoms with E-state index in [4.69, 9.17) is 0 Å². The average Bonchev–Trinajstić information content (AvgIpc) is 3.36. The number of benzene rings is 2. The molecule has 1 unspecified atom stereocenters. The highest BCUT2D eigenvalue weighted by molar-refractivity contribution is 7.13. The summed E-state index contributed by atoms with van der Waals surface area (Å²) in [6, 6.07) is 11.4. The second-order valence-corrected chi connectivity index (χ2v) is 8.91. The van der Waals surface area contributed by atoms with Crippen molar-refractivity contribution in [3.05, 3.63) is 98.3 Å². The van der Waals surface area contributed by atoms with Gasteiger partial charge in [0.25, 0.3) is 5.91 Å². The minimum absolute atomic E-state index is 0.0276. The molecule has 7 nitrogen and oxygen atoms in total. The van der Waals surface area contributed by atoms with E-state index in [0.29, 0.717) is 5.56 Å². The molecule has 2 aromatic heterocycles. The number of aromatic amines is 1. The van der Waals surface area contributed by atoms with Crippen molar-refractivity contribution in [1.29, 1.82) is 0 Å². The van der Waals surface area contributed by atoms with Gasteiger partial charge in [-0.1, -0.05) is 43.3 Å². The highest BCUT2D eigenvalue weighted by Gasteiger charge is 2.35. The summed E-state index contributed by atoms with van der Waals surface area (Å²) in [5, 5.41) is 16.1. The third-order valence-electron chi connectivity index (χ3n) is 5.74. The van der Waals surface area contributed by atoms with Crippen LogP contribution in [0.3, 0.4) is 0 Å². The molecule has 0 aliphatic carbocycles. The summed E-state index contributed by atoms with van der Waals surface area (Å²) in [5.41, 5.74) is -3.22. The number of carboxylic acids is 1. The van der Waals surface area contributed by atoms with Crippen LogP contribution in [0.5, 0.6) is 0 Å². The van der Waals surface area contributed by atoms with Crippen LogP contribution >= 0.6 is 11.3 Å². The number of carbonyl (C=O) groups excluding carboxylic acids is 2. The summed E-state index contributed by atoms with van der Waals surface area (Å²) in [5.74, 6) is -3.70. The summed E-state index contributed by atoms with van der Waals surface area (Å²) in [7, 11) is 0. The summed E-state index contributed by atoms with van der Waals surface area (Å²) in [6.45, 7) is 1.59. The number of hydrogen-bond acceptors (Lipinski definition) is 6. The van der Waals surface area contributed by atoms with Gasteiger partial charge in [0.2, 0.25) is 5.43 Å². The first-order chi connectivity index (χ1) is 17.6. The fourth-order valence-corrected chi connectivity index (χ4v) is 4.63. The summed E-state index contributed by atoms with van der Waals surface area (Å²) < 4.78 is 41.5. The van der Waals surface area contributed by atoms with Gasteiger partial charge in [-0.15, -0.1) is 11.3 Å². The number of carboxylic acid groups (broad SMARTS) is 1. The van der Waals surface area contributed by atoms with Crippen LogP contribution < -0.4 is 15.9 Å². The molecule has 2 aromatic carbocycles. The first kappa shape index (κ1) is 25.8. The Morgan fingerprint density at radius 1 is 1.16 bits per heavy atom. The van der Waals surface area contributed by atoms with Gasteiger partial charge in [-0.2, -0.15) is 13.2 Å². The number of para-hydroxylation sites is 1. The lowest BCUT2D eigenvalue weighted by Gasteiger charge is -2.24. The van der Waals surface area contributed by atoms with E-state index in [1.807, 2.05) is 0 Å². The Kier molecular flexibility index (Phi) is 7.25. The number of thiazole rings is 1. The minimum atomic E-state index is -4.82. The fraction of sp³-hybridized carbons (Fsp3) is 0.154. The van der Waals surface area contributed by atoms with E-state index in [9.17, 15) is 32.7 Å². The number of rotatable bonds is 7. The molecule has 0 fully saturated rings. The Morgan fingerprint density at radius 3 is 2.49 bits per heavy atom. The summed E-state index contributed by atoms with van der Waals surface area (Å²) in [4.78, 5) is 45.6. The molecule has 4 rings (SSSR count). The van der Waals surface area contributed by atoms with Crippen molar-refractivity contribution in [3.63, 3.8) is 0 Å². The lowest BCUT2D eigenvalue weighted by atomic mass is 9.87. The zero-order valence-electron chi connectivity index (χ0n) is 19.3. The second-order valence-electron chi connectivity index (χ2n) is 8.02. The highest BCUT2D eigenvalue weighted by atomic mass is 32.1. The largest absolute Gasteiger partial charge is 0.545 e. The van der Waals surface area contributed by atoms with E-state index in [0.717, 1.165) is 23.5 Å². The molecule has 37 heavy (non-hydrogen) atoms. The van der Waals surface area contributed by atoms with E-state index >= 15 is 0 Å². The van der Waals surface area contributed by atoms with Crippen LogP contribution in [-0.2, 0) is 11.0 Å². The number of H-pyrrole nitrogens is 1. The maximum absolute atomic E-state index is 13.8. The SMILES string of the molecule is CCC(C(=Cc1ccccc1)C(=O)[O-])c1[nH]c2c(C(F)(F)F)cccc2c(=O)c1C(=O)Nc1nccs1. The summed E-state index contributed by atoms with van der Waals surface area (Å²) in [6.07, 6.45) is -2.06. The molecule has 0 aliphatic heterocycles. The number of nitrogens with zero attached hydrogens (tertiary/aromatic N) is 1. The molecule has 1 amide bonds. The topological polar surface area (TPSA) is 115 Å². The number of nitrogens with one attached hydrogen (secondary N) is 2. The van der Waals surface area contributed by atoms with Crippen LogP contribution in [0.2, 0.25) is 0 Å². The van der Waals surface area contributed by atoms with Gasteiger partial charge in [0.15, 0.2) is 5.13 Å². The molecule has 0 saturated carbocycles. The molecular formula is C26H19F3N3O4S-. The van der Waals surface area contributed by atoms with Gasteiger partial charge in [0.05, 0.1) is 17.0 Å². The standard InChI is InChI=1S/C26H20F3N3O4S/c1-2-15(17(24(35)36)13-14-7-4-3-5-8-14)21-19(23(34)32-25-30-11-12-37-25)22(33)16-9-6-10-18(20(16)31-21)26(27,28)29/h3-13,15H,2H2,1H3,(H,31,33)(H,35,36)(H,30,32,34)/p-1. The molecule has 1 atom stereocenters. The van der Waals surface area contributed by atoms with Crippen molar-refractivity contribution in [3.8, 4) is 0 Å². The third-order valence-corrected chi connectivity index (χ3v) is 6.43. The molecule has 0 aliphatic rings. The molecule has 2 heterocycles. The van der Waals surface area contributed by atoms with Crippen LogP contribution in [0, 0.1) is 0 Å². The third kappa shape index (κ3) is 5.31. The number of aliphatic carboxylic acids is 1. The molecule has 0 radical (unpaired) electrons. The monoisotopic (exact) mass is 526 g/mol. The van der Waals surface area contributed by atoms with E-state index in [1.165, 1.54) is 18.3 Å². The zero-order valence-corrected chi connectivity index (χ0v) is 20.1. The quantitative estimate of drug-likeness (QED) is 0.342. The van der Waals surface area contributed by atoms with E-state index < -0.39 is 46.0 Å². The van der Waals surface area contributed by atoms with Crippen LogP contribution in [0.1, 0.15) is 46.4 Å². The second kappa shape index (κ2) is 10.4. The highest BCUT2D eigenvalue weighted by Crippen LogP contribution is 2.36. The van der Waals surface area contributed by atoms with E-state index in [1.54, 1.807) is 42.6 Å². The Hall–Kier alpha value is -4.25. The molecule has 11 heteroatoms. The molecule has 0 bridgehead atoms. The van der Waals surface area contributed by atoms with E-state index in [2.05, 4.69) is 15.3 Å². The Bertz CT molecular complexity index is 1550. The number of amides is 1. The van der Waals surface area contributed by atoms with Crippen molar-refractivity contribution in [2.45, 2.75) is 25.4 Å². The molecule has 0 spiro atoms. The maximum atomic E-state index is 13.8. The fourth-order valence-electron chi connectivity index (χ4n) is 4.11. The van der Waals surface area contributed by atoms with Crippen LogP contribution in [0.25, 0.3) is 17.0 Å². The Labute approximate surface area is 212 Å². The Morgan fingerprint density at radius 2 is 1.89 bits per heavy atom. The number of carbonyl (C=O) groups is 2. The van der Waals surface area contributed by atoms with Crippen LogP contribution in [-0.4, -0.2) is 21.8 Å². The van der Waals surface area contributed by atoms with Gasteiger partial charge in [-0.05, 0) is 35.8 Å². The molecular weight excluding hydrogens is 507 g/mol. The zero-order chi connectivity index (χ0) is 26.7. The number of fused-ring (bicyclic) bond motifs is 1. The van der Waals surface area contributed by atoms with Gasteiger partial charge in [0.1, 0.15) is 5.56 Å². The van der Waals surface area contributed by atoms with Gasteiger partial charge < -0.3 is 14.9 Å². The van der Waals surface area contributed by atoms with Gasteiger partial charge in [-0.25, -0.2) is 4.98 Å². The normalized spacial score (nSPS) is 12.9. The molecule has 4 aromatic rings. The number of pyridine rings is 1. The number of alkyl halides is 3. The molecule has 190 valence electrons.